The molecule has 74 valence electrons. The van der Waals surface area contributed by atoms with E-state index in [9.17, 15) is 4.57 Å². The fourth-order valence-corrected chi connectivity index (χ4v) is 1.60. The Balaban J connectivity index is 3.00. The topological polar surface area (TPSA) is 46.5 Å². The Morgan fingerprint density at radius 1 is 1.36 bits per heavy atom. The summed E-state index contributed by atoms with van der Waals surface area (Å²) in [6.45, 7) is 3.75. The number of aryl methyl sites for hydroxylation is 2. The molecule has 1 aromatic carbocycles. The zero-order valence-corrected chi connectivity index (χ0v) is 8.91. The van der Waals surface area contributed by atoms with Crippen molar-refractivity contribution >= 4 is 7.60 Å². The standard InChI is InChI=1S/C10H11O3P/c1-4-14(11,12)13-10-6-8(2)5-9(3)7-10/h1,5-7H,2-3H3,(H,11,12). The molecule has 0 saturated heterocycles. The van der Waals surface area contributed by atoms with Gasteiger partial charge in [0.2, 0.25) is 0 Å². The molecule has 1 unspecified atom stereocenters. The summed E-state index contributed by atoms with van der Waals surface area (Å²) in [7, 11) is -3.91. The molecule has 0 aliphatic carbocycles. The van der Waals surface area contributed by atoms with Crippen LogP contribution in [-0.2, 0) is 4.57 Å². The van der Waals surface area contributed by atoms with E-state index in [1.807, 2.05) is 19.9 Å². The van der Waals surface area contributed by atoms with Gasteiger partial charge in [0.05, 0.1) is 0 Å². The van der Waals surface area contributed by atoms with Crippen molar-refractivity contribution in [2.24, 2.45) is 0 Å². The van der Waals surface area contributed by atoms with E-state index in [1.165, 1.54) is 0 Å². The minimum Gasteiger partial charge on any atom is -0.416 e. The van der Waals surface area contributed by atoms with Crippen LogP contribution in [-0.4, -0.2) is 4.89 Å². The normalized spacial score (nSPS) is 14.1. The van der Waals surface area contributed by atoms with Gasteiger partial charge in [-0.25, -0.2) is 4.57 Å². The minimum absolute atomic E-state index is 0.325. The van der Waals surface area contributed by atoms with Gasteiger partial charge in [0.15, 0.2) is 0 Å². The van der Waals surface area contributed by atoms with Gasteiger partial charge in [0, 0.05) is 5.66 Å². The molecule has 0 heterocycles. The second kappa shape index (κ2) is 3.88. The molecule has 0 fully saturated rings. The van der Waals surface area contributed by atoms with E-state index in [0.717, 1.165) is 11.1 Å². The maximum atomic E-state index is 11.1. The Morgan fingerprint density at radius 3 is 2.29 bits per heavy atom. The molecule has 1 atom stereocenters. The van der Waals surface area contributed by atoms with Crippen molar-refractivity contribution in [1.82, 2.24) is 0 Å². The Kier molecular flexibility index (Phi) is 3.00. The van der Waals surface area contributed by atoms with Gasteiger partial charge in [-0.05, 0) is 37.1 Å². The summed E-state index contributed by atoms with van der Waals surface area (Å²) in [6.07, 6.45) is 4.84. The van der Waals surface area contributed by atoms with Crippen LogP contribution in [0.25, 0.3) is 0 Å². The predicted octanol–water partition coefficient (Wildman–Crippen LogP) is 2.46. The Hall–Kier alpha value is -1.23. The largest absolute Gasteiger partial charge is 0.454 e. The molecule has 0 aliphatic heterocycles. The molecule has 3 nitrogen and oxygen atoms in total. The maximum Gasteiger partial charge on any atom is 0.454 e. The Bertz CT molecular complexity index is 411. The third-order valence-electron chi connectivity index (χ3n) is 1.59. The van der Waals surface area contributed by atoms with E-state index in [4.69, 9.17) is 15.8 Å². The van der Waals surface area contributed by atoms with Gasteiger partial charge in [-0.15, -0.1) is 6.42 Å². The molecule has 0 bridgehead atoms. The van der Waals surface area contributed by atoms with E-state index in [2.05, 4.69) is 0 Å². The summed E-state index contributed by atoms with van der Waals surface area (Å²) in [5.41, 5.74) is 3.63. The number of terminal acetylenes is 1. The van der Waals surface area contributed by atoms with E-state index in [-0.39, 0.29) is 0 Å². The highest BCUT2D eigenvalue weighted by molar-refractivity contribution is 7.58. The van der Waals surface area contributed by atoms with Crippen LogP contribution in [0.1, 0.15) is 11.1 Å². The lowest BCUT2D eigenvalue weighted by molar-refractivity contribution is 0.394. The number of hydrogen-bond acceptors (Lipinski definition) is 2. The minimum atomic E-state index is -3.91. The highest BCUT2D eigenvalue weighted by atomic mass is 31.2. The van der Waals surface area contributed by atoms with Crippen molar-refractivity contribution in [3.05, 3.63) is 29.3 Å². The zero-order chi connectivity index (χ0) is 10.8. The molecular weight excluding hydrogens is 199 g/mol. The summed E-state index contributed by atoms with van der Waals surface area (Å²) >= 11 is 0. The van der Waals surface area contributed by atoms with Crippen molar-refractivity contribution < 1.29 is 14.0 Å². The molecule has 0 saturated carbocycles. The fraction of sp³-hybridized carbons (Fsp3) is 0.200. The van der Waals surface area contributed by atoms with E-state index in [1.54, 1.807) is 17.8 Å². The van der Waals surface area contributed by atoms with E-state index in [0.29, 0.717) is 5.75 Å². The third kappa shape index (κ3) is 2.92. The first-order valence-corrected chi connectivity index (χ1v) is 5.59. The highest BCUT2D eigenvalue weighted by Crippen LogP contribution is 2.41. The highest BCUT2D eigenvalue weighted by Gasteiger charge is 2.16. The van der Waals surface area contributed by atoms with Crippen molar-refractivity contribution in [2.75, 3.05) is 0 Å². The molecule has 0 amide bonds. The lowest BCUT2D eigenvalue weighted by Crippen LogP contribution is -1.90. The van der Waals surface area contributed by atoms with Crippen molar-refractivity contribution in [2.45, 2.75) is 13.8 Å². The molecule has 4 heteroatoms. The summed E-state index contributed by atoms with van der Waals surface area (Å²) in [5, 5.41) is 0. The zero-order valence-electron chi connectivity index (χ0n) is 8.02. The van der Waals surface area contributed by atoms with Crippen molar-refractivity contribution in [1.29, 1.82) is 0 Å². The first-order chi connectivity index (χ1) is 6.43. The fourth-order valence-electron chi connectivity index (χ4n) is 1.15. The molecule has 1 N–H and O–H groups in total. The first kappa shape index (κ1) is 10.8. The third-order valence-corrected chi connectivity index (χ3v) is 2.37. The predicted molar refractivity (Wildman–Crippen MR) is 55.2 cm³/mol. The second-order valence-electron chi connectivity index (χ2n) is 3.06. The summed E-state index contributed by atoms with van der Waals surface area (Å²) in [6, 6.07) is 5.26. The van der Waals surface area contributed by atoms with Crippen LogP contribution < -0.4 is 4.52 Å². The van der Waals surface area contributed by atoms with Crippen molar-refractivity contribution in [3.8, 4) is 17.8 Å². The smallest absolute Gasteiger partial charge is 0.416 e. The summed E-state index contributed by atoms with van der Waals surface area (Å²) in [4.78, 5) is 9.06. The Labute approximate surface area is 83.3 Å². The van der Waals surface area contributed by atoms with E-state index >= 15 is 0 Å². The lowest BCUT2D eigenvalue weighted by atomic mass is 10.1. The first-order valence-electron chi connectivity index (χ1n) is 4.01. The van der Waals surface area contributed by atoms with Crippen LogP contribution in [0.4, 0.5) is 0 Å². The van der Waals surface area contributed by atoms with Crippen LogP contribution in [0.2, 0.25) is 0 Å². The number of hydrogen-bond donors (Lipinski definition) is 1. The molecular formula is C10H11O3P. The van der Waals surface area contributed by atoms with Crippen LogP contribution in [0.3, 0.4) is 0 Å². The van der Waals surface area contributed by atoms with Gasteiger partial charge in [-0.2, -0.15) is 0 Å². The molecule has 0 radical (unpaired) electrons. The van der Waals surface area contributed by atoms with Crippen LogP contribution in [0, 0.1) is 25.9 Å². The maximum absolute atomic E-state index is 11.1. The summed E-state index contributed by atoms with van der Waals surface area (Å²) in [5.74, 6) is 0.325. The van der Waals surface area contributed by atoms with Crippen LogP contribution >= 0.6 is 7.60 Å². The second-order valence-corrected chi connectivity index (χ2v) is 4.55. The Morgan fingerprint density at radius 2 is 1.86 bits per heavy atom. The number of benzene rings is 1. The average Bonchev–Trinajstić information content (AvgIpc) is 2.01. The molecule has 14 heavy (non-hydrogen) atoms. The number of rotatable bonds is 2. The van der Waals surface area contributed by atoms with E-state index < -0.39 is 7.60 Å². The molecule has 0 aliphatic rings. The molecule has 0 spiro atoms. The van der Waals surface area contributed by atoms with Gasteiger partial charge in [0.1, 0.15) is 5.75 Å². The lowest BCUT2D eigenvalue weighted by Gasteiger charge is -2.08. The van der Waals surface area contributed by atoms with Gasteiger partial charge < -0.3 is 9.42 Å². The van der Waals surface area contributed by atoms with Crippen LogP contribution in [0.5, 0.6) is 5.75 Å². The molecule has 1 rings (SSSR count). The monoisotopic (exact) mass is 210 g/mol. The average molecular weight is 210 g/mol. The summed E-state index contributed by atoms with van der Waals surface area (Å²) < 4.78 is 15.9. The quantitative estimate of drug-likeness (QED) is 0.602. The van der Waals surface area contributed by atoms with Crippen molar-refractivity contribution in [3.63, 3.8) is 0 Å². The molecule has 0 aromatic heterocycles. The molecule has 1 aromatic rings. The van der Waals surface area contributed by atoms with Gasteiger partial charge >= 0.3 is 7.60 Å². The van der Waals surface area contributed by atoms with Gasteiger partial charge in [-0.1, -0.05) is 6.07 Å². The van der Waals surface area contributed by atoms with Gasteiger partial charge in [-0.3, -0.25) is 0 Å². The SMILES string of the molecule is C#CP(=O)(O)Oc1cc(C)cc(C)c1. The van der Waals surface area contributed by atoms with Gasteiger partial charge in [0.25, 0.3) is 0 Å². The van der Waals surface area contributed by atoms with Crippen LogP contribution in [0.15, 0.2) is 18.2 Å².